The van der Waals surface area contributed by atoms with Crippen molar-refractivity contribution < 1.29 is 4.79 Å². The summed E-state index contributed by atoms with van der Waals surface area (Å²) in [4.78, 5) is 20.7. The number of carbonyl (C=O) groups excluding carboxylic acids is 1. The number of aryl methyl sites for hydroxylation is 1. The van der Waals surface area contributed by atoms with Gasteiger partial charge in [0, 0.05) is 31.1 Å². The molecule has 0 radical (unpaired) electrons. The Labute approximate surface area is 119 Å². The van der Waals surface area contributed by atoms with Crippen LogP contribution >= 0.6 is 22.7 Å². The lowest BCUT2D eigenvalue weighted by atomic mass is 10.4. The Morgan fingerprint density at radius 3 is 2.84 bits per heavy atom. The van der Waals surface area contributed by atoms with E-state index in [-0.39, 0.29) is 11.7 Å². The first-order valence-electron chi connectivity index (χ1n) is 5.73. The molecule has 0 saturated heterocycles. The Kier molecular flexibility index (Phi) is 4.33. The molecule has 4 N–H and O–H groups in total. The van der Waals surface area contributed by atoms with Crippen LogP contribution in [0.2, 0.25) is 0 Å². The van der Waals surface area contributed by atoms with Crippen LogP contribution in [0.15, 0.2) is 5.38 Å². The lowest BCUT2D eigenvalue weighted by Gasteiger charge is -2.01. The molecule has 2 aromatic rings. The molecule has 0 saturated carbocycles. The van der Waals surface area contributed by atoms with E-state index < -0.39 is 0 Å². The molecular formula is C11H15N5OS2. The number of rotatable bonds is 5. The third-order valence-corrected chi connectivity index (χ3v) is 4.48. The number of aromatic nitrogens is 2. The minimum atomic E-state index is -0.190. The van der Waals surface area contributed by atoms with E-state index in [0.29, 0.717) is 16.6 Å². The number of nitrogens with zero attached hydrogens (tertiary/aromatic N) is 2. The number of hydrogen-bond acceptors (Lipinski definition) is 7. The average Bonchev–Trinajstić information content (AvgIpc) is 2.95. The van der Waals surface area contributed by atoms with Crippen LogP contribution in [0.3, 0.4) is 0 Å². The second-order valence-electron chi connectivity index (χ2n) is 3.87. The Morgan fingerprint density at radius 1 is 1.47 bits per heavy atom. The van der Waals surface area contributed by atoms with Gasteiger partial charge in [-0.2, -0.15) is 0 Å². The molecule has 0 atom stereocenters. The van der Waals surface area contributed by atoms with Crippen LogP contribution in [0.1, 0.15) is 20.4 Å². The zero-order valence-corrected chi connectivity index (χ0v) is 12.3. The van der Waals surface area contributed by atoms with Crippen molar-refractivity contribution in [2.45, 2.75) is 13.3 Å². The molecule has 102 valence electrons. The summed E-state index contributed by atoms with van der Waals surface area (Å²) in [5.41, 5.74) is 6.70. The van der Waals surface area contributed by atoms with Gasteiger partial charge >= 0.3 is 0 Å². The van der Waals surface area contributed by atoms with Crippen molar-refractivity contribution >= 4 is 39.5 Å². The lowest BCUT2D eigenvalue weighted by molar-refractivity contribution is 0.0959. The first kappa shape index (κ1) is 13.8. The standard InChI is InChI=1S/C11H15N5OS2/c1-6-5-18-7(15-6)3-4-14-10(17)8-9(12)16-11(13-2)19-8/h5H,3-4,12H2,1-2H3,(H,13,16)(H,14,17). The monoisotopic (exact) mass is 297 g/mol. The fourth-order valence-electron chi connectivity index (χ4n) is 1.48. The molecule has 0 aromatic carbocycles. The maximum absolute atomic E-state index is 11.9. The second-order valence-corrected chi connectivity index (χ2v) is 5.81. The number of nitrogens with one attached hydrogen (secondary N) is 2. The first-order chi connectivity index (χ1) is 9.10. The zero-order chi connectivity index (χ0) is 13.8. The highest BCUT2D eigenvalue weighted by Gasteiger charge is 2.15. The molecule has 6 nitrogen and oxygen atoms in total. The molecule has 0 aliphatic rings. The SMILES string of the molecule is CNc1nc(N)c(C(=O)NCCc2nc(C)cs2)s1. The number of hydrogen-bond donors (Lipinski definition) is 3. The van der Waals surface area contributed by atoms with Gasteiger partial charge in [0.15, 0.2) is 5.13 Å². The van der Waals surface area contributed by atoms with E-state index in [2.05, 4.69) is 20.6 Å². The van der Waals surface area contributed by atoms with Gasteiger partial charge in [0.2, 0.25) is 0 Å². The van der Waals surface area contributed by atoms with E-state index in [1.165, 1.54) is 11.3 Å². The van der Waals surface area contributed by atoms with Gasteiger partial charge in [0.05, 0.1) is 5.01 Å². The van der Waals surface area contributed by atoms with Crippen LogP contribution in [-0.4, -0.2) is 29.5 Å². The number of carbonyl (C=O) groups is 1. The highest BCUT2D eigenvalue weighted by atomic mass is 32.1. The highest BCUT2D eigenvalue weighted by molar-refractivity contribution is 7.18. The number of amides is 1. The van der Waals surface area contributed by atoms with Gasteiger partial charge in [-0.3, -0.25) is 4.79 Å². The van der Waals surface area contributed by atoms with Gasteiger partial charge in [-0.1, -0.05) is 11.3 Å². The maximum Gasteiger partial charge on any atom is 0.265 e. The first-order valence-corrected chi connectivity index (χ1v) is 7.43. The van der Waals surface area contributed by atoms with Crippen LogP contribution in [-0.2, 0) is 6.42 Å². The van der Waals surface area contributed by atoms with Crippen molar-refractivity contribution in [1.82, 2.24) is 15.3 Å². The van der Waals surface area contributed by atoms with Gasteiger partial charge < -0.3 is 16.4 Å². The van der Waals surface area contributed by atoms with E-state index in [1.54, 1.807) is 18.4 Å². The minimum Gasteiger partial charge on any atom is -0.382 e. The van der Waals surface area contributed by atoms with Gasteiger partial charge in [-0.05, 0) is 6.92 Å². The summed E-state index contributed by atoms with van der Waals surface area (Å²) in [5, 5.41) is 9.35. The highest BCUT2D eigenvalue weighted by Crippen LogP contribution is 2.24. The third kappa shape index (κ3) is 3.42. The number of nitrogens with two attached hydrogens (primary N) is 1. The van der Waals surface area contributed by atoms with Crippen molar-refractivity contribution in [3.8, 4) is 0 Å². The second kappa shape index (κ2) is 5.98. The molecule has 2 rings (SSSR count). The summed E-state index contributed by atoms with van der Waals surface area (Å²) in [5.74, 6) is 0.0710. The van der Waals surface area contributed by atoms with Crippen LogP contribution in [0.4, 0.5) is 10.9 Å². The fraction of sp³-hybridized carbons (Fsp3) is 0.364. The van der Waals surface area contributed by atoms with E-state index in [0.717, 1.165) is 17.1 Å². The van der Waals surface area contributed by atoms with Crippen LogP contribution in [0, 0.1) is 6.92 Å². The fourth-order valence-corrected chi connectivity index (χ4v) is 3.01. The van der Waals surface area contributed by atoms with E-state index >= 15 is 0 Å². The zero-order valence-electron chi connectivity index (χ0n) is 10.7. The number of thiazole rings is 2. The Balaban J connectivity index is 1.88. The smallest absolute Gasteiger partial charge is 0.265 e. The average molecular weight is 297 g/mol. The van der Waals surface area contributed by atoms with E-state index in [4.69, 9.17) is 5.73 Å². The van der Waals surface area contributed by atoms with Gasteiger partial charge in [-0.25, -0.2) is 9.97 Å². The number of anilines is 2. The molecule has 0 unspecified atom stereocenters. The summed E-state index contributed by atoms with van der Waals surface area (Å²) >= 11 is 2.85. The molecule has 1 amide bonds. The van der Waals surface area contributed by atoms with Gasteiger partial charge in [-0.15, -0.1) is 11.3 Å². The van der Waals surface area contributed by atoms with Crippen molar-refractivity contribution in [3.63, 3.8) is 0 Å². The Morgan fingerprint density at radius 2 is 2.26 bits per heavy atom. The van der Waals surface area contributed by atoms with E-state index in [1.807, 2.05) is 12.3 Å². The van der Waals surface area contributed by atoms with Crippen LogP contribution in [0.25, 0.3) is 0 Å². The summed E-state index contributed by atoms with van der Waals surface area (Å²) in [6.07, 6.45) is 0.724. The Bertz CT molecular complexity index is 577. The normalized spacial score (nSPS) is 10.4. The molecular weight excluding hydrogens is 282 g/mol. The van der Waals surface area contributed by atoms with Gasteiger partial charge in [0.1, 0.15) is 10.7 Å². The lowest BCUT2D eigenvalue weighted by Crippen LogP contribution is -2.25. The summed E-state index contributed by atoms with van der Waals surface area (Å²) < 4.78 is 0. The van der Waals surface area contributed by atoms with Crippen molar-refractivity contribution in [2.24, 2.45) is 0 Å². The molecule has 0 bridgehead atoms. The summed E-state index contributed by atoms with van der Waals surface area (Å²) in [6.45, 7) is 2.49. The molecule has 0 aliphatic carbocycles. The van der Waals surface area contributed by atoms with Crippen molar-refractivity contribution in [3.05, 3.63) is 21.0 Å². The molecule has 8 heteroatoms. The predicted octanol–water partition coefficient (Wildman–Crippen LogP) is 1.50. The topological polar surface area (TPSA) is 92.9 Å². The summed E-state index contributed by atoms with van der Waals surface area (Å²) in [7, 11) is 1.74. The molecule has 19 heavy (non-hydrogen) atoms. The maximum atomic E-state index is 11.9. The molecule has 0 spiro atoms. The number of nitrogen functional groups attached to an aromatic ring is 1. The van der Waals surface area contributed by atoms with Crippen molar-refractivity contribution in [2.75, 3.05) is 24.6 Å². The molecule has 0 aliphatic heterocycles. The third-order valence-electron chi connectivity index (χ3n) is 2.36. The Hall–Kier alpha value is -1.67. The molecule has 0 fully saturated rings. The molecule has 2 aromatic heterocycles. The summed E-state index contributed by atoms with van der Waals surface area (Å²) in [6, 6.07) is 0. The predicted molar refractivity (Wildman–Crippen MR) is 79.0 cm³/mol. The largest absolute Gasteiger partial charge is 0.382 e. The van der Waals surface area contributed by atoms with E-state index in [9.17, 15) is 4.79 Å². The minimum absolute atomic E-state index is 0.190. The van der Waals surface area contributed by atoms with Crippen LogP contribution < -0.4 is 16.4 Å². The van der Waals surface area contributed by atoms with Crippen molar-refractivity contribution in [1.29, 1.82) is 0 Å². The quantitative estimate of drug-likeness (QED) is 0.778. The molecule has 2 heterocycles. The van der Waals surface area contributed by atoms with Crippen LogP contribution in [0.5, 0.6) is 0 Å². The van der Waals surface area contributed by atoms with Gasteiger partial charge in [0.25, 0.3) is 5.91 Å².